The molecule has 0 amide bonds. The van der Waals surface area contributed by atoms with E-state index in [0.717, 1.165) is 18.7 Å². The van der Waals surface area contributed by atoms with E-state index >= 15 is 0 Å². The number of hydrogen-bond donors (Lipinski definition) is 1. The summed E-state index contributed by atoms with van der Waals surface area (Å²) in [6.07, 6.45) is 2.65. The molecule has 0 atom stereocenters. The maximum atomic E-state index is 4.46. The Hall–Kier alpha value is -2.44. The number of pyridine rings is 1. The third-order valence-electron chi connectivity index (χ3n) is 3.01. The van der Waals surface area contributed by atoms with Gasteiger partial charge in [-0.25, -0.2) is 0 Å². The Morgan fingerprint density at radius 1 is 1.05 bits per heavy atom. The summed E-state index contributed by atoms with van der Waals surface area (Å²) in [6, 6.07) is 5.93. The molecule has 0 bridgehead atoms. The zero-order chi connectivity index (χ0) is 15.2. The molecule has 0 aromatic carbocycles. The Kier molecular flexibility index (Phi) is 4.86. The van der Waals surface area contributed by atoms with Crippen LogP contribution in [0.1, 0.15) is 5.69 Å². The highest BCUT2D eigenvalue weighted by Gasteiger charge is 2.11. The van der Waals surface area contributed by atoms with Crippen molar-refractivity contribution in [2.24, 2.45) is 0 Å². The van der Waals surface area contributed by atoms with Gasteiger partial charge in [0.05, 0.1) is 0 Å². The molecule has 0 aliphatic heterocycles. The van der Waals surface area contributed by atoms with E-state index in [2.05, 4.69) is 25.3 Å². The first-order chi connectivity index (χ1) is 10.1. The maximum absolute atomic E-state index is 4.46. The Morgan fingerprint density at radius 2 is 1.81 bits per heavy atom. The summed E-state index contributed by atoms with van der Waals surface area (Å²) in [5.41, 5.74) is 1.06. The summed E-state index contributed by atoms with van der Waals surface area (Å²) in [5, 5.41) is 2.96. The van der Waals surface area contributed by atoms with Crippen LogP contribution in [0.5, 0.6) is 0 Å². The van der Waals surface area contributed by atoms with E-state index < -0.39 is 0 Å². The zero-order valence-electron chi connectivity index (χ0n) is 12.9. The van der Waals surface area contributed by atoms with Crippen molar-refractivity contribution in [1.29, 1.82) is 0 Å². The quantitative estimate of drug-likeness (QED) is 0.851. The molecule has 2 heterocycles. The van der Waals surface area contributed by atoms with Gasteiger partial charge >= 0.3 is 0 Å². The lowest BCUT2D eigenvalue weighted by Gasteiger charge is -2.19. The number of nitrogens with zero attached hydrogens (tertiary/aromatic N) is 6. The van der Waals surface area contributed by atoms with Crippen molar-refractivity contribution in [3.05, 3.63) is 30.1 Å². The lowest BCUT2D eigenvalue weighted by molar-refractivity contribution is 0.810. The molecular weight excluding hydrogens is 266 g/mol. The standard InChI is InChI=1S/C14H21N7/c1-15-12-17-13(20(2)3)19-14(18-12)21(4)10-8-11-7-5-6-9-16-11/h5-7,9H,8,10H2,1-4H3,(H,15,17,18,19). The average Bonchev–Trinajstić information content (AvgIpc) is 2.53. The van der Waals surface area contributed by atoms with E-state index in [-0.39, 0.29) is 0 Å². The summed E-state index contributed by atoms with van der Waals surface area (Å²) in [5.74, 6) is 1.84. The number of hydrogen-bond acceptors (Lipinski definition) is 7. The molecule has 0 unspecified atom stereocenters. The Morgan fingerprint density at radius 3 is 2.43 bits per heavy atom. The second-order valence-electron chi connectivity index (χ2n) is 4.90. The zero-order valence-corrected chi connectivity index (χ0v) is 12.9. The largest absolute Gasteiger partial charge is 0.357 e. The molecule has 2 aromatic heterocycles. The minimum absolute atomic E-state index is 0.563. The fraction of sp³-hybridized carbons (Fsp3) is 0.429. The highest BCUT2D eigenvalue weighted by Crippen LogP contribution is 2.14. The first kappa shape index (κ1) is 15.0. The summed E-state index contributed by atoms with van der Waals surface area (Å²) < 4.78 is 0. The van der Waals surface area contributed by atoms with Gasteiger partial charge in [-0.05, 0) is 12.1 Å². The summed E-state index contributed by atoms with van der Waals surface area (Å²) >= 11 is 0. The molecule has 0 saturated carbocycles. The molecule has 0 fully saturated rings. The lowest BCUT2D eigenvalue weighted by Crippen LogP contribution is -2.25. The lowest BCUT2D eigenvalue weighted by atomic mass is 10.2. The minimum atomic E-state index is 0.563. The van der Waals surface area contributed by atoms with Gasteiger partial charge in [0.1, 0.15) is 0 Å². The molecule has 2 rings (SSSR count). The van der Waals surface area contributed by atoms with Crippen LogP contribution in [0.4, 0.5) is 17.8 Å². The number of anilines is 3. The minimum Gasteiger partial charge on any atom is -0.357 e. The van der Waals surface area contributed by atoms with Gasteiger partial charge < -0.3 is 15.1 Å². The van der Waals surface area contributed by atoms with Gasteiger partial charge in [-0.1, -0.05) is 6.07 Å². The molecule has 0 aliphatic carbocycles. The van der Waals surface area contributed by atoms with Crippen molar-refractivity contribution in [1.82, 2.24) is 19.9 Å². The van der Waals surface area contributed by atoms with Crippen LogP contribution in [0.2, 0.25) is 0 Å². The van der Waals surface area contributed by atoms with Gasteiger partial charge in [0.15, 0.2) is 0 Å². The van der Waals surface area contributed by atoms with Crippen molar-refractivity contribution in [3.63, 3.8) is 0 Å². The van der Waals surface area contributed by atoms with Crippen molar-refractivity contribution in [2.75, 3.05) is 49.9 Å². The van der Waals surface area contributed by atoms with Gasteiger partial charge in [-0.2, -0.15) is 15.0 Å². The molecule has 7 heteroatoms. The number of rotatable bonds is 6. The fourth-order valence-corrected chi connectivity index (χ4v) is 1.76. The normalized spacial score (nSPS) is 10.3. The monoisotopic (exact) mass is 287 g/mol. The third-order valence-corrected chi connectivity index (χ3v) is 3.01. The van der Waals surface area contributed by atoms with Crippen LogP contribution in [0.15, 0.2) is 24.4 Å². The molecule has 21 heavy (non-hydrogen) atoms. The van der Waals surface area contributed by atoms with Crippen LogP contribution in [0.3, 0.4) is 0 Å². The first-order valence-corrected chi connectivity index (χ1v) is 6.82. The average molecular weight is 287 g/mol. The SMILES string of the molecule is CNc1nc(N(C)C)nc(N(C)CCc2ccccn2)n1. The van der Waals surface area contributed by atoms with Crippen LogP contribution >= 0.6 is 0 Å². The Labute approximate surface area is 125 Å². The van der Waals surface area contributed by atoms with E-state index in [1.807, 2.05) is 55.3 Å². The van der Waals surface area contributed by atoms with E-state index in [0.29, 0.717) is 17.8 Å². The Balaban J connectivity index is 2.11. The highest BCUT2D eigenvalue weighted by atomic mass is 15.3. The van der Waals surface area contributed by atoms with E-state index in [1.165, 1.54) is 0 Å². The first-order valence-electron chi connectivity index (χ1n) is 6.82. The molecule has 7 nitrogen and oxygen atoms in total. The van der Waals surface area contributed by atoms with Crippen molar-refractivity contribution in [2.45, 2.75) is 6.42 Å². The molecule has 112 valence electrons. The van der Waals surface area contributed by atoms with E-state index in [9.17, 15) is 0 Å². The van der Waals surface area contributed by atoms with Gasteiger partial charge in [-0.15, -0.1) is 0 Å². The smallest absolute Gasteiger partial charge is 0.231 e. The number of likely N-dealkylation sites (N-methyl/N-ethyl adjacent to an activating group) is 1. The fourth-order valence-electron chi connectivity index (χ4n) is 1.76. The van der Waals surface area contributed by atoms with Crippen LogP contribution in [-0.2, 0) is 6.42 Å². The van der Waals surface area contributed by atoms with Crippen molar-refractivity contribution < 1.29 is 0 Å². The van der Waals surface area contributed by atoms with Gasteiger partial charge in [0.2, 0.25) is 17.8 Å². The van der Waals surface area contributed by atoms with Crippen molar-refractivity contribution in [3.8, 4) is 0 Å². The second kappa shape index (κ2) is 6.83. The van der Waals surface area contributed by atoms with Gasteiger partial charge in [0, 0.05) is 53.0 Å². The molecule has 1 N–H and O–H groups in total. The predicted octanol–water partition coefficient (Wildman–Crippen LogP) is 1.05. The van der Waals surface area contributed by atoms with Gasteiger partial charge in [-0.3, -0.25) is 4.98 Å². The summed E-state index contributed by atoms with van der Waals surface area (Å²) in [7, 11) is 7.59. The van der Waals surface area contributed by atoms with Crippen LogP contribution in [0.25, 0.3) is 0 Å². The summed E-state index contributed by atoms with van der Waals surface area (Å²) in [4.78, 5) is 21.3. The van der Waals surface area contributed by atoms with Crippen LogP contribution < -0.4 is 15.1 Å². The molecule has 2 aromatic rings. The topological polar surface area (TPSA) is 70.1 Å². The van der Waals surface area contributed by atoms with E-state index in [1.54, 1.807) is 7.05 Å². The second-order valence-corrected chi connectivity index (χ2v) is 4.90. The molecule has 0 aliphatic rings. The number of nitrogens with one attached hydrogen (secondary N) is 1. The van der Waals surface area contributed by atoms with Crippen molar-refractivity contribution >= 4 is 17.8 Å². The Bertz CT molecular complexity index is 571. The number of aromatic nitrogens is 4. The highest BCUT2D eigenvalue weighted by molar-refractivity contribution is 5.43. The van der Waals surface area contributed by atoms with E-state index in [4.69, 9.17) is 0 Å². The molecule has 0 spiro atoms. The third kappa shape index (κ3) is 4.01. The summed E-state index contributed by atoms with van der Waals surface area (Å²) in [6.45, 7) is 0.789. The van der Waals surface area contributed by atoms with Crippen LogP contribution in [0, 0.1) is 0 Å². The molecule has 0 radical (unpaired) electrons. The molecular formula is C14H21N7. The maximum Gasteiger partial charge on any atom is 0.231 e. The van der Waals surface area contributed by atoms with Crippen LogP contribution in [-0.4, -0.2) is 54.7 Å². The van der Waals surface area contributed by atoms with Gasteiger partial charge in [0.25, 0.3) is 0 Å². The molecule has 0 saturated heterocycles. The predicted molar refractivity (Wildman–Crippen MR) is 84.9 cm³/mol.